The van der Waals surface area contributed by atoms with Gasteiger partial charge in [0.05, 0.1) is 16.2 Å². The van der Waals surface area contributed by atoms with E-state index in [1.807, 2.05) is 6.92 Å². The van der Waals surface area contributed by atoms with E-state index in [9.17, 15) is 0 Å². The lowest BCUT2D eigenvalue weighted by Crippen LogP contribution is -1.98. The molecule has 2 aromatic rings. The first-order valence-electron chi connectivity index (χ1n) is 3.72. The fraction of sp³-hybridized carbons (Fsp3) is 0.125. The Morgan fingerprint density at radius 3 is 2.92 bits per heavy atom. The summed E-state index contributed by atoms with van der Waals surface area (Å²) in [5, 5.41) is 0.546. The molecule has 0 atom stereocenters. The Hall–Kier alpha value is -1.42. The first-order valence-corrected chi connectivity index (χ1v) is 4.10. The minimum atomic E-state index is 0.245. The van der Waals surface area contributed by atoms with Gasteiger partial charge in [0.15, 0.2) is 0 Å². The van der Waals surface area contributed by atoms with E-state index >= 15 is 0 Å². The zero-order valence-electron chi connectivity index (χ0n) is 6.95. The summed E-state index contributed by atoms with van der Waals surface area (Å²) in [6.07, 6.45) is 1.57. The number of fused-ring (bicyclic) bond motifs is 1. The highest BCUT2D eigenvalue weighted by atomic mass is 35.5. The van der Waals surface area contributed by atoms with Crippen LogP contribution in [-0.2, 0) is 0 Å². The van der Waals surface area contributed by atoms with E-state index in [1.54, 1.807) is 12.3 Å². The number of nitrogens with zero attached hydrogens (tertiary/aromatic N) is 3. The van der Waals surface area contributed by atoms with E-state index in [4.69, 9.17) is 17.3 Å². The van der Waals surface area contributed by atoms with Gasteiger partial charge in [0, 0.05) is 6.20 Å². The van der Waals surface area contributed by atoms with Crippen LogP contribution in [0.25, 0.3) is 11.0 Å². The van der Waals surface area contributed by atoms with Crippen LogP contribution in [-0.4, -0.2) is 15.0 Å². The molecule has 4 nitrogen and oxygen atoms in total. The molecule has 0 amide bonds. The summed E-state index contributed by atoms with van der Waals surface area (Å²) >= 11 is 5.76. The molecule has 0 saturated carbocycles. The lowest BCUT2D eigenvalue weighted by Gasteiger charge is -2.00. The first-order chi connectivity index (χ1) is 6.16. The van der Waals surface area contributed by atoms with Gasteiger partial charge < -0.3 is 5.73 Å². The summed E-state index contributed by atoms with van der Waals surface area (Å²) in [6.45, 7) is 1.83. The molecule has 2 aromatic heterocycles. The molecule has 0 bridgehead atoms. The van der Waals surface area contributed by atoms with Gasteiger partial charge in [-0.05, 0) is 13.0 Å². The van der Waals surface area contributed by atoms with Gasteiger partial charge in [-0.2, -0.15) is 0 Å². The molecule has 0 aliphatic rings. The van der Waals surface area contributed by atoms with Crippen LogP contribution in [0.4, 0.5) is 5.95 Å². The minimum absolute atomic E-state index is 0.245. The molecule has 13 heavy (non-hydrogen) atoms. The van der Waals surface area contributed by atoms with Gasteiger partial charge in [0.2, 0.25) is 5.95 Å². The van der Waals surface area contributed by atoms with Crippen LogP contribution < -0.4 is 5.73 Å². The fourth-order valence-corrected chi connectivity index (χ4v) is 1.32. The third kappa shape index (κ3) is 1.40. The molecule has 2 N–H and O–H groups in total. The Morgan fingerprint density at radius 1 is 1.38 bits per heavy atom. The monoisotopic (exact) mass is 194 g/mol. The van der Waals surface area contributed by atoms with Gasteiger partial charge in [0.1, 0.15) is 5.52 Å². The van der Waals surface area contributed by atoms with Crippen LogP contribution in [0.1, 0.15) is 5.69 Å². The lowest BCUT2D eigenvalue weighted by atomic mass is 10.3. The predicted molar refractivity (Wildman–Crippen MR) is 51.5 cm³/mol. The third-order valence-electron chi connectivity index (χ3n) is 1.69. The van der Waals surface area contributed by atoms with E-state index in [-0.39, 0.29) is 5.95 Å². The summed E-state index contributed by atoms with van der Waals surface area (Å²) in [4.78, 5) is 12.1. The number of pyridine rings is 1. The standard InChI is InChI=1S/C8H7ClN4/c1-4-7-6(13-8(10)12-4)2-5(9)3-11-7/h2-3H,1H3,(H2,10,12,13). The Bertz CT molecular complexity index is 464. The molecular weight excluding hydrogens is 188 g/mol. The van der Waals surface area contributed by atoms with E-state index in [0.717, 1.165) is 11.2 Å². The highest BCUT2D eigenvalue weighted by Gasteiger charge is 2.03. The van der Waals surface area contributed by atoms with Crippen molar-refractivity contribution >= 4 is 28.6 Å². The SMILES string of the molecule is Cc1nc(N)nc2cc(Cl)cnc12. The number of hydrogen-bond acceptors (Lipinski definition) is 4. The second kappa shape index (κ2) is 2.81. The summed E-state index contributed by atoms with van der Waals surface area (Å²) in [7, 11) is 0. The molecule has 66 valence electrons. The van der Waals surface area contributed by atoms with Crippen molar-refractivity contribution in [3.8, 4) is 0 Å². The van der Waals surface area contributed by atoms with Gasteiger partial charge in [-0.25, -0.2) is 9.97 Å². The van der Waals surface area contributed by atoms with Crippen molar-refractivity contribution in [2.24, 2.45) is 0 Å². The molecule has 0 aliphatic carbocycles. The zero-order valence-corrected chi connectivity index (χ0v) is 7.71. The molecule has 0 spiro atoms. The average Bonchev–Trinajstić information content (AvgIpc) is 2.02. The maximum absolute atomic E-state index is 5.76. The second-order valence-corrected chi connectivity index (χ2v) is 3.12. The average molecular weight is 195 g/mol. The van der Waals surface area contributed by atoms with Crippen LogP contribution in [0, 0.1) is 6.92 Å². The van der Waals surface area contributed by atoms with Crippen molar-refractivity contribution in [1.29, 1.82) is 0 Å². The van der Waals surface area contributed by atoms with E-state index in [0.29, 0.717) is 10.5 Å². The molecule has 2 heterocycles. The van der Waals surface area contributed by atoms with Crippen LogP contribution in [0.15, 0.2) is 12.3 Å². The van der Waals surface area contributed by atoms with Crippen molar-refractivity contribution in [3.63, 3.8) is 0 Å². The van der Waals surface area contributed by atoms with E-state index in [1.165, 1.54) is 0 Å². The number of nitrogens with two attached hydrogens (primary N) is 1. The van der Waals surface area contributed by atoms with E-state index in [2.05, 4.69) is 15.0 Å². The number of anilines is 1. The van der Waals surface area contributed by atoms with Crippen LogP contribution >= 0.6 is 11.6 Å². The van der Waals surface area contributed by atoms with Gasteiger partial charge in [-0.15, -0.1) is 0 Å². The van der Waals surface area contributed by atoms with Crippen LogP contribution in [0.3, 0.4) is 0 Å². The molecule has 5 heteroatoms. The predicted octanol–water partition coefficient (Wildman–Crippen LogP) is 1.57. The van der Waals surface area contributed by atoms with Crippen molar-refractivity contribution in [3.05, 3.63) is 23.0 Å². The maximum Gasteiger partial charge on any atom is 0.220 e. The molecule has 0 saturated heterocycles. The summed E-state index contributed by atoms with van der Waals surface area (Å²) < 4.78 is 0. The summed E-state index contributed by atoms with van der Waals surface area (Å²) in [6, 6.07) is 1.72. The van der Waals surface area contributed by atoms with E-state index < -0.39 is 0 Å². The minimum Gasteiger partial charge on any atom is -0.368 e. The Kier molecular flexibility index (Phi) is 1.77. The molecule has 0 aliphatic heterocycles. The topological polar surface area (TPSA) is 64.7 Å². The summed E-state index contributed by atoms with van der Waals surface area (Å²) in [5.41, 5.74) is 7.66. The molecular formula is C8H7ClN4. The van der Waals surface area contributed by atoms with Gasteiger partial charge in [-0.1, -0.05) is 11.6 Å². The number of aryl methyl sites for hydroxylation is 1. The third-order valence-corrected chi connectivity index (χ3v) is 1.90. The zero-order chi connectivity index (χ0) is 9.42. The maximum atomic E-state index is 5.76. The molecule has 2 rings (SSSR count). The first kappa shape index (κ1) is 8.19. The molecule has 0 fully saturated rings. The summed E-state index contributed by atoms with van der Waals surface area (Å²) in [5.74, 6) is 0.245. The highest BCUT2D eigenvalue weighted by Crippen LogP contribution is 2.17. The molecule has 0 aromatic carbocycles. The highest BCUT2D eigenvalue weighted by molar-refractivity contribution is 6.31. The Balaban J connectivity index is 2.86. The number of nitrogen functional groups attached to an aromatic ring is 1. The van der Waals surface area contributed by atoms with Crippen LogP contribution in [0.2, 0.25) is 5.02 Å². The fourth-order valence-electron chi connectivity index (χ4n) is 1.17. The van der Waals surface area contributed by atoms with Crippen molar-refractivity contribution in [1.82, 2.24) is 15.0 Å². The lowest BCUT2D eigenvalue weighted by molar-refractivity contribution is 1.14. The van der Waals surface area contributed by atoms with Crippen molar-refractivity contribution in [2.75, 3.05) is 5.73 Å². The molecule has 0 radical (unpaired) electrons. The van der Waals surface area contributed by atoms with Gasteiger partial charge in [-0.3, -0.25) is 4.98 Å². The number of halogens is 1. The second-order valence-electron chi connectivity index (χ2n) is 2.69. The van der Waals surface area contributed by atoms with Crippen LogP contribution in [0.5, 0.6) is 0 Å². The van der Waals surface area contributed by atoms with Gasteiger partial charge >= 0.3 is 0 Å². The smallest absolute Gasteiger partial charge is 0.220 e. The number of aromatic nitrogens is 3. The normalized spacial score (nSPS) is 10.6. The Labute approximate surface area is 79.8 Å². The van der Waals surface area contributed by atoms with Gasteiger partial charge in [0.25, 0.3) is 0 Å². The van der Waals surface area contributed by atoms with Crippen molar-refractivity contribution in [2.45, 2.75) is 6.92 Å². The largest absolute Gasteiger partial charge is 0.368 e. The Morgan fingerprint density at radius 2 is 2.15 bits per heavy atom. The van der Waals surface area contributed by atoms with Crippen molar-refractivity contribution < 1.29 is 0 Å². The number of rotatable bonds is 0. The number of hydrogen-bond donors (Lipinski definition) is 1. The quantitative estimate of drug-likeness (QED) is 0.692. The molecule has 0 unspecified atom stereocenters.